The molecule has 2 fully saturated rings. The zero-order chi connectivity index (χ0) is 44.2. The number of hydrogen-bond acceptors (Lipinski definition) is 13. The molecule has 17 heteroatoms. The lowest BCUT2D eigenvalue weighted by molar-refractivity contribution is -0.137. The number of nitrogens with two attached hydrogens (primary N) is 1. The predicted octanol–water partition coefficient (Wildman–Crippen LogP) is 5.99. The van der Waals surface area contributed by atoms with Crippen molar-refractivity contribution in [2.75, 3.05) is 35.2 Å². The van der Waals surface area contributed by atoms with Crippen molar-refractivity contribution in [2.24, 2.45) is 5.73 Å². The summed E-state index contributed by atoms with van der Waals surface area (Å²) >= 11 is 1.52. The van der Waals surface area contributed by atoms with Crippen molar-refractivity contribution in [1.82, 2.24) is 35.7 Å². The van der Waals surface area contributed by atoms with Crippen molar-refractivity contribution >= 4 is 58.6 Å². The minimum Gasteiger partial charge on any atom is -0.369 e. The van der Waals surface area contributed by atoms with E-state index in [1.54, 1.807) is 30.5 Å². The topological polar surface area (TPSA) is 218 Å². The van der Waals surface area contributed by atoms with E-state index in [4.69, 9.17) is 5.73 Å². The lowest BCUT2D eigenvalue weighted by atomic mass is 9.91. The fraction of sp³-hybridized carbons (Fsp3) is 0.457. The van der Waals surface area contributed by atoms with Crippen LogP contribution in [0.25, 0.3) is 0 Å². The highest BCUT2D eigenvalue weighted by molar-refractivity contribution is 7.99. The standard InChI is InChI=1S/C46H57N11O5S/c1-46(47)20-23-56(24-21-46)39-28-50-42(29-49-39)63-34-12-10-11-33(26-34)52-40(58)13-8-6-4-2-3-5-7-9-22-48-38-18-16-36(54-55-38)43(60)51-27-31-14-15-35-32(25-31)30-57(45(35)62)37-17-19-41(59)53-44(37)61/h10-12,14-16,18,25-26,28-29,37H,2-9,13,17,19-24,27,30,47H2,1H3,(H,48,55)(H,51,60)(H,52,58)(H,53,59,61). The smallest absolute Gasteiger partial charge is 0.272 e. The Balaban J connectivity index is 0.702. The third-order valence-corrected chi connectivity index (χ3v) is 12.7. The second-order valence-corrected chi connectivity index (χ2v) is 18.0. The van der Waals surface area contributed by atoms with E-state index >= 15 is 0 Å². The molecule has 0 bridgehead atoms. The van der Waals surface area contributed by atoms with Gasteiger partial charge in [0, 0.05) is 67.3 Å². The molecular weight excluding hydrogens is 819 g/mol. The van der Waals surface area contributed by atoms with Crippen molar-refractivity contribution in [3.63, 3.8) is 0 Å². The molecule has 2 aromatic carbocycles. The quantitative estimate of drug-likeness (QED) is 0.0510. The molecule has 0 radical (unpaired) electrons. The van der Waals surface area contributed by atoms with Crippen LogP contribution >= 0.6 is 11.8 Å². The molecule has 5 amide bonds. The summed E-state index contributed by atoms with van der Waals surface area (Å²) in [5.74, 6) is 0.141. The molecule has 3 aliphatic rings. The molecule has 0 spiro atoms. The molecule has 0 saturated carbocycles. The maximum atomic E-state index is 13.0. The first-order chi connectivity index (χ1) is 30.5. The lowest BCUT2D eigenvalue weighted by Gasteiger charge is -2.37. The first-order valence-electron chi connectivity index (χ1n) is 22.1. The van der Waals surface area contributed by atoms with Crippen LogP contribution in [0.15, 0.2) is 76.9 Å². The fourth-order valence-corrected chi connectivity index (χ4v) is 8.78. The van der Waals surface area contributed by atoms with Crippen LogP contribution in [0.5, 0.6) is 0 Å². The average molecular weight is 876 g/mol. The summed E-state index contributed by atoms with van der Waals surface area (Å²) < 4.78 is 0. The number of benzene rings is 2. The lowest BCUT2D eigenvalue weighted by Crippen LogP contribution is -2.52. The van der Waals surface area contributed by atoms with Crippen LogP contribution < -0.4 is 31.9 Å². The summed E-state index contributed by atoms with van der Waals surface area (Å²) in [4.78, 5) is 76.3. The minimum absolute atomic E-state index is 0.0292. The molecule has 1 unspecified atom stereocenters. The van der Waals surface area contributed by atoms with Crippen LogP contribution in [0.4, 0.5) is 17.3 Å². The molecule has 2 aromatic heterocycles. The highest BCUT2D eigenvalue weighted by Gasteiger charge is 2.39. The van der Waals surface area contributed by atoms with Crippen molar-refractivity contribution in [3.05, 3.63) is 89.4 Å². The number of aromatic nitrogens is 4. The Labute approximate surface area is 372 Å². The number of rotatable bonds is 20. The van der Waals surface area contributed by atoms with E-state index in [1.165, 1.54) is 16.7 Å². The van der Waals surface area contributed by atoms with Gasteiger partial charge >= 0.3 is 0 Å². The number of nitrogens with one attached hydrogen (secondary N) is 4. The van der Waals surface area contributed by atoms with Crippen LogP contribution in [-0.4, -0.2) is 85.8 Å². The van der Waals surface area contributed by atoms with Crippen LogP contribution in [0, 0.1) is 0 Å². The number of fused-ring (bicyclic) bond motifs is 1. The monoisotopic (exact) mass is 875 g/mol. The Morgan fingerprint density at radius 1 is 0.905 bits per heavy atom. The molecule has 332 valence electrons. The summed E-state index contributed by atoms with van der Waals surface area (Å²) in [7, 11) is 0. The Hall–Kier alpha value is -5.94. The van der Waals surface area contributed by atoms with Crippen molar-refractivity contribution in [2.45, 2.75) is 125 Å². The Bertz CT molecular complexity index is 2250. The molecule has 4 aromatic rings. The molecule has 1 atom stereocenters. The number of carbonyl (C=O) groups excluding carboxylic acids is 5. The molecule has 0 aliphatic carbocycles. The van der Waals surface area contributed by atoms with Crippen LogP contribution in [0.1, 0.15) is 122 Å². The second-order valence-electron chi connectivity index (χ2n) is 16.9. The van der Waals surface area contributed by atoms with Gasteiger partial charge in [0.05, 0.1) is 12.4 Å². The summed E-state index contributed by atoms with van der Waals surface area (Å²) in [6.45, 7) is 5.13. The van der Waals surface area contributed by atoms with E-state index in [9.17, 15) is 24.0 Å². The van der Waals surface area contributed by atoms with E-state index in [2.05, 4.69) is 53.3 Å². The first-order valence-corrected chi connectivity index (χ1v) is 22.9. The van der Waals surface area contributed by atoms with Gasteiger partial charge in [-0.3, -0.25) is 29.3 Å². The number of nitrogens with zero attached hydrogens (tertiary/aromatic N) is 6. The summed E-state index contributed by atoms with van der Waals surface area (Å²) in [6, 6.07) is 15.9. The molecule has 6 N–H and O–H groups in total. The Kier molecular flexibility index (Phi) is 15.3. The van der Waals surface area contributed by atoms with E-state index < -0.39 is 11.9 Å². The van der Waals surface area contributed by atoms with Gasteiger partial charge in [0.25, 0.3) is 11.8 Å². The number of hydrogen-bond donors (Lipinski definition) is 5. The van der Waals surface area contributed by atoms with Gasteiger partial charge in [-0.2, -0.15) is 0 Å². The highest BCUT2D eigenvalue weighted by atomic mass is 32.2. The summed E-state index contributed by atoms with van der Waals surface area (Å²) in [5.41, 5.74) is 9.25. The predicted molar refractivity (Wildman–Crippen MR) is 241 cm³/mol. The van der Waals surface area contributed by atoms with Crippen LogP contribution in [0.3, 0.4) is 0 Å². The van der Waals surface area contributed by atoms with Gasteiger partial charge in [-0.15, -0.1) is 10.2 Å². The minimum atomic E-state index is -0.673. The SMILES string of the molecule is CC1(N)CCN(c2cnc(Sc3cccc(NC(=O)CCCCCCCCCCNc4ccc(C(=O)NCc5ccc6c(c5)CN(C5CCC(=O)NC5=O)C6=O)nn4)c3)cn2)CC1. The van der Waals surface area contributed by atoms with E-state index in [0.29, 0.717) is 24.2 Å². The second kappa shape index (κ2) is 21.4. The number of imide groups is 1. The molecule has 2 saturated heterocycles. The molecule has 16 nitrogen and oxygen atoms in total. The largest absolute Gasteiger partial charge is 0.369 e. The van der Waals surface area contributed by atoms with Crippen LogP contribution in [-0.2, 0) is 27.5 Å². The van der Waals surface area contributed by atoms with Gasteiger partial charge in [0.2, 0.25) is 17.7 Å². The van der Waals surface area contributed by atoms with Gasteiger partial charge in [0.15, 0.2) is 5.69 Å². The third-order valence-electron chi connectivity index (χ3n) is 11.8. The van der Waals surface area contributed by atoms with Gasteiger partial charge in [-0.05, 0) is 86.6 Å². The number of anilines is 3. The maximum absolute atomic E-state index is 13.0. The molecule has 3 aliphatic heterocycles. The number of amides is 5. The maximum Gasteiger partial charge on any atom is 0.272 e. The number of unbranched alkanes of at least 4 members (excludes halogenated alkanes) is 7. The fourth-order valence-electron chi connectivity index (χ4n) is 8.00. The molecule has 7 rings (SSSR count). The zero-order valence-electron chi connectivity index (χ0n) is 35.9. The Morgan fingerprint density at radius 3 is 2.41 bits per heavy atom. The average Bonchev–Trinajstić information content (AvgIpc) is 3.60. The van der Waals surface area contributed by atoms with Crippen molar-refractivity contribution < 1.29 is 24.0 Å². The molecular formula is C46H57N11O5S. The summed E-state index contributed by atoms with van der Waals surface area (Å²) in [6.07, 6.45) is 15.0. The van der Waals surface area contributed by atoms with Gasteiger partial charge in [-0.25, -0.2) is 9.97 Å². The van der Waals surface area contributed by atoms with Gasteiger partial charge in [-0.1, -0.05) is 68.5 Å². The van der Waals surface area contributed by atoms with Crippen molar-refractivity contribution in [3.8, 4) is 0 Å². The highest BCUT2D eigenvalue weighted by Crippen LogP contribution is 2.30. The third kappa shape index (κ3) is 12.8. The number of piperidine rings is 2. The zero-order valence-corrected chi connectivity index (χ0v) is 36.7. The first kappa shape index (κ1) is 45.1. The molecule has 63 heavy (non-hydrogen) atoms. The normalized spacial score (nSPS) is 17.0. The summed E-state index contributed by atoms with van der Waals surface area (Å²) in [5, 5.41) is 20.5. The van der Waals surface area contributed by atoms with Crippen LogP contribution in [0.2, 0.25) is 0 Å². The van der Waals surface area contributed by atoms with Gasteiger partial charge < -0.3 is 31.5 Å². The van der Waals surface area contributed by atoms with Crippen molar-refractivity contribution in [1.29, 1.82) is 0 Å². The number of carbonyl (C=O) groups is 5. The van der Waals surface area contributed by atoms with E-state index in [0.717, 1.165) is 116 Å². The van der Waals surface area contributed by atoms with E-state index in [1.807, 2.05) is 36.5 Å². The van der Waals surface area contributed by atoms with Gasteiger partial charge in [0.1, 0.15) is 22.7 Å². The Morgan fingerprint density at radius 2 is 1.68 bits per heavy atom. The molecule has 5 heterocycles. The van der Waals surface area contributed by atoms with E-state index in [-0.39, 0.29) is 54.4 Å².